The monoisotopic (exact) mass is 364 g/mol. The van der Waals surface area contributed by atoms with Gasteiger partial charge < -0.3 is 0 Å². The van der Waals surface area contributed by atoms with Crippen molar-refractivity contribution in [1.29, 1.82) is 0 Å². The number of hydrazine groups is 1. The Morgan fingerprint density at radius 1 is 0.769 bits per heavy atom. The maximum absolute atomic E-state index is 13.1. The molecular formula is C20H14ClFN4. The number of hydrogen-bond donors (Lipinski definition) is 2. The van der Waals surface area contributed by atoms with E-state index in [0.29, 0.717) is 27.7 Å². The summed E-state index contributed by atoms with van der Waals surface area (Å²) in [6.07, 6.45) is 0. The lowest BCUT2D eigenvalue weighted by Gasteiger charge is -2.14. The number of nitrogens with zero attached hydrogens (tertiary/aromatic N) is 2. The third-order valence-corrected chi connectivity index (χ3v) is 4.08. The van der Waals surface area contributed by atoms with Crippen LogP contribution in [-0.2, 0) is 0 Å². The first-order valence-corrected chi connectivity index (χ1v) is 8.37. The first-order valence-electron chi connectivity index (χ1n) is 7.99. The van der Waals surface area contributed by atoms with Crippen molar-refractivity contribution in [2.45, 2.75) is 0 Å². The lowest BCUT2D eigenvalue weighted by atomic mass is 10.1. The minimum absolute atomic E-state index is 0.291. The number of anilines is 2. The lowest BCUT2D eigenvalue weighted by molar-refractivity contribution is 0.628. The van der Waals surface area contributed by atoms with Gasteiger partial charge in [0.25, 0.3) is 0 Å². The van der Waals surface area contributed by atoms with E-state index < -0.39 is 0 Å². The van der Waals surface area contributed by atoms with E-state index in [0.717, 1.165) is 11.1 Å². The molecule has 0 bridgehead atoms. The van der Waals surface area contributed by atoms with Crippen LogP contribution in [0.5, 0.6) is 0 Å². The standard InChI is InChI=1S/C20H14ClFN4/c21-14-6-11-17-18(12-14)24-20(19(23-17)13-4-2-1-3-5-13)26-25-16-9-7-15(22)8-10-16/h1-12,25H,(H,24,26). The summed E-state index contributed by atoms with van der Waals surface area (Å²) < 4.78 is 13.1. The minimum Gasteiger partial charge on any atom is -0.300 e. The van der Waals surface area contributed by atoms with E-state index in [1.165, 1.54) is 12.1 Å². The van der Waals surface area contributed by atoms with Crippen molar-refractivity contribution in [3.63, 3.8) is 0 Å². The van der Waals surface area contributed by atoms with Crippen LogP contribution >= 0.6 is 11.6 Å². The Balaban J connectivity index is 1.75. The van der Waals surface area contributed by atoms with Crippen molar-refractivity contribution in [1.82, 2.24) is 9.97 Å². The van der Waals surface area contributed by atoms with E-state index >= 15 is 0 Å². The molecule has 0 saturated carbocycles. The largest absolute Gasteiger partial charge is 0.300 e. The topological polar surface area (TPSA) is 49.8 Å². The van der Waals surface area contributed by atoms with Gasteiger partial charge in [-0.15, -0.1) is 0 Å². The summed E-state index contributed by atoms with van der Waals surface area (Å²) in [5.41, 5.74) is 9.87. The van der Waals surface area contributed by atoms with Crippen LogP contribution in [0, 0.1) is 5.82 Å². The van der Waals surface area contributed by atoms with E-state index in [1.54, 1.807) is 24.3 Å². The quantitative estimate of drug-likeness (QED) is 0.467. The van der Waals surface area contributed by atoms with Gasteiger partial charge in [-0.05, 0) is 42.5 Å². The van der Waals surface area contributed by atoms with Crippen LogP contribution in [0.25, 0.3) is 22.3 Å². The Hall–Kier alpha value is -3.18. The molecule has 4 aromatic rings. The summed E-state index contributed by atoms with van der Waals surface area (Å²) in [5, 5.41) is 0.594. The zero-order chi connectivity index (χ0) is 17.9. The van der Waals surface area contributed by atoms with Gasteiger partial charge in [-0.2, -0.15) is 0 Å². The van der Waals surface area contributed by atoms with Crippen molar-refractivity contribution < 1.29 is 4.39 Å². The van der Waals surface area contributed by atoms with E-state index in [1.807, 2.05) is 36.4 Å². The Kier molecular flexibility index (Phi) is 4.37. The molecule has 0 fully saturated rings. The van der Waals surface area contributed by atoms with Gasteiger partial charge in [0.05, 0.1) is 16.7 Å². The minimum atomic E-state index is -0.291. The van der Waals surface area contributed by atoms with Gasteiger partial charge in [0.15, 0.2) is 5.82 Å². The highest BCUT2D eigenvalue weighted by atomic mass is 35.5. The SMILES string of the molecule is Fc1ccc(NNc2nc3cc(Cl)ccc3nc2-c2ccccc2)cc1. The average molecular weight is 365 g/mol. The molecule has 128 valence electrons. The zero-order valence-corrected chi connectivity index (χ0v) is 14.3. The van der Waals surface area contributed by atoms with E-state index in [-0.39, 0.29) is 5.82 Å². The summed E-state index contributed by atoms with van der Waals surface area (Å²) in [5.74, 6) is 0.260. The molecule has 0 saturated heterocycles. The Morgan fingerprint density at radius 3 is 2.31 bits per heavy atom. The predicted octanol–water partition coefficient (Wildman–Crippen LogP) is 5.53. The fourth-order valence-corrected chi connectivity index (χ4v) is 2.74. The fraction of sp³-hybridized carbons (Fsp3) is 0. The van der Waals surface area contributed by atoms with Gasteiger partial charge in [-0.25, -0.2) is 14.4 Å². The van der Waals surface area contributed by atoms with Gasteiger partial charge in [0.2, 0.25) is 0 Å². The van der Waals surface area contributed by atoms with Gasteiger partial charge >= 0.3 is 0 Å². The number of fused-ring (bicyclic) bond motifs is 1. The second kappa shape index (κ2) is 6.98. The van der Waals surface area contributed by atoms with Crippen LogP contribution in [0.3, 0.4) is 0 Å². The molecule has 0 spiro atoms. The zero-order valence-electron chi connectivity index (χ0n) is 13.6. The van der Waals surface area contributed by atoms with Crippen LogP contribution < -0.4 is 10.9 Å². The summed E-state index contributed by atoms with van der Waals surface area (Å²) in [4.78, 5) is 9.38. The highest BCUT2D eigenvalue weighted by molar-refractivity contribution is 6.31. The highest BCUT2D eigenvalue weighted by Gasteiger charge is 2.11. The van der Waals surface area contributed by atoms with E-state index in [4.69, 9.17) is 16.6 Å². The van der Waals surface area contributed by atoms with Crippen LogP contribution in [-0.4, -0.2) is 9.97 Å². The maximum Gasteiger partial charge on any atom is 0.171 e. The third-order valence-electron chi connectivity index (χ3n) is 3.84. The molecule has 3 aromatic carbocycles. The average Bonchev–Trinajstić information content (AvgIpc) is 2.67. The lowest BCUT2D eigenvalue weighted by Crippen LogP contribution is -2.12. The summed E-state index contributed by atoms with van der Waals surface area (Å²) in [6.45, 7) is 0. The molecule has 0 unspecified atom stereocenters. The Bertz CT molecular complexity index is 1050. The molecule has 1 aromatic heterocycles. The van der Waals surface area contributed by atoms with Gasteiger partial charge in [0, 0.05) is 10.6 Å². The molecule has 0 amide bonds. The third kappa shape index (κ3) is 3.43. The molecule has 0 aliphatic rings. The van der Waals surface area contributed by atoms with Crippen LogP contribution in [0.1, 0.15) is 0 Å². The molecule has 26 heavy (non-hydrogen) atoms. The maximum atomic E-state index is 13.1. The normalized spacial score (nSPS) is 10.7. The Labute approximate surface area is 154 Å². The summed E-state index contributed by atoms with van der Waals surface area (Å²) in [6, 6.07) is 21.2. The van der Waals surface area contributed by atoms with Crippen LogP contribution in [0.15, 0.2) is 72.8 Å². The van der Waals surface area contributed by atoms with Crippen molar-refractivity contribution in [2.24, 2.45) is 0 Å². The molecule has 4 rings (SSSR count). The molecule has 1 heterocycles. The van der Waals surface area contributed by atoms with E-state index in [2.05, 4.69) is 15.8 Å². The smallest absolute Gasteiger partial charge is 0.171 e. The first-order chi connectivity index (χ1) is 12.7. The second-order valence-electron chi connectivity index (χ2n) is 5.68. The van der Waals surface area contributed by atoms with Crippen molar-refractivity contribution in [3.8, 4) is 11.3 Å². The molecule has 2 N–H and O–H groups in total. The van der Waals surface area contributed by atoms with Crippen LogP contribution in [0.2, 0.25) is 5.02 Å². The molecule has 0 aliphatic carbocycles. The molecule has 0 atom stereocenters. The molecular weight excluding hydrogens is 351 g/mol. The molecule has 0 radical (unpaired) electrons. The molecule has 0 aliphatic heterocycles. The number of nitrogens with one attached hydrogen (secondary N) is 2. The molecule has 4 nitrogen and oxygen atoms in total. The number of rotatable bonds is 4. The van der Waals surface area contributed by atoms with Crippen molar-refractivity contribution >= 4 is 34.1 Å². The van der Waals surface area contributed by atoms with Gasteiger partial charge in [-0.3, -0.25) is 10.9 Å². The highest BCUT2D eigenvalue weighted by Crippen LogP contribution is 2.28. The number of aromatic nitrogens is 2. The van der Waals surface area contributed by atoms with Gasteiger partial charge in [-0.1, -0.05) is 41.9 Å². The van der Waals surface area contributed by atoms with Crippen LogP contribution in [0.4, 0.5) is 15.9 Å². The second-order valence-corrected chi connectivity index (χ2v) is 6.11. The van der Waals surface area contributed by atoms with Gasteiger partial charge in [0.1, 0.15) is 11.5 Å². The van der Waals surface area contributed by atoms with Crippen molar-refractivity contribution in [2.75, 3.05) is 10.9 Å². The predicted molar refractivity (Wildman–Crippen MR) is 104 cm³/mol. The Morgan fingerprint density at radius 2 is 1.54 bits per heavy atom. The number of benzene rings is 3. The molecule has 6 heteroatoms. The van der Waals surface area contributed by atoms with Crippen molar-refractivity contribution in [3.05, 3.63) is 83.6 Å². The summed E-state index contributed by atoms with van der Waals surface area (Å²) in [7, 11) is 0. The number of hydrogen-bond acceptors (Lipinski definition) is 4. The summed E-state index contributed by atoms with van der Waals surface area (Å²) >= 11 is 6.08. The fourth-order valence-electron chi connectivity index (χ4n) is 2.58. The first kappa shape index (κ1) is 16.3. The van der Waals surface area contributed by atoms with E-state index in [9.17, 15) is 4.39 Å². The number of halogens is 2.